The van der Waals surface area contributed by atoms with Gasteiger partial charge in [-0.3, -0.25) is 14.4 Å². The van der Waals surface area contributed by atoms with Crippen molar-refractivity contribution in [3.8, 4) is 5.75 Å². The van der Waals surface area contributed by atoms with E-state index in [0.29, 0.717) is 47.3 Å². The summed E-state index contributed by atoms with van der Waals surface area (Å²) >= 11 is 1.48. The Labute approximate surface area is 204 Å². The van der Waals surface area contributed by atoms with Gasteiger partial charge in [0.2, 0.25) is 5.91 Å². The van der Waals surface area contributed by atoms with Gasteiger partial charge in [0.1, 0.15) is 11.5 Å². The van der Waals surface area contributed by atoms with Crippen molar-refractivity contribution in [1.29, 1.82) is 0 Å². The second-order valence-electron chi connectivity index (χ2n) is 10.5. The molecule has 180 valence electrons. The molecule has 1 aromatic heterocycles. The van der Waals surface area contributed by atoms with E-state index in [1.165, 1.54) is 29.4 Å². The number of ether oxygens (including phenoxy) is 1. The number of carbonyl (C=O) groups excluding carboxylic acids is 3. The van der Waals surface area contributed by atoms with E-state index in [1.54, 1.807) is 6.20 Å². The highest BCUT2D eigenvalue weighted by atomic mass is 32.1. The number of rotatable bonds is 5. The van der Waals surface area contributed by atoms with Crippen molar-refractivity contribution < 1.29 is 19.1 Å². The molecule has 6 nitrogen and oxygen atoms in total. The molecule has 1 aromatic carbocycles. The lowest BCUT2D eigenvalue weighted by Gasteiger charge is -2.50. The van der Waals surface area contributed by atoms with Crippen LogP contribution in [-0.2, 0) is 20.8 Å². The lowest BCUT2D eigenvalue weighted by Crippen LogP contribution is -2.44. The highest BCUT2D eigenvalue weighted by molar-refractivity contribution is 7.15. The maximum absolute atomic E-state index is 13.2. The molecule has 1 heterocycles. The number of aryl methyl sites for hydroxylation is 2. The smallest absolute Gasteiger partial charge is 0.308 e. The van der Waals surface area contributed by atoms with Crippen molar-refractivity contribution in [2.75, 3.05) is 5.32 Å². The Kier molecular flexibility index (Phi) is 6.09. The fourth-order valence-electron chi connectivity index (χ4n) is 7.02. The molecule has 0 spiro atoms. The van der Waals surface area contributed by atoms with Crippen molar-refractivity contribution in [1.82, 2.24) is 4.98 Å². The zero-order chi connectivity index (χ0) is 24.0. The SMILES string of the molecule is CC(=O)Oc1ccc2c(c1)CCC1C2CC[C@]2(C)C(=O)C[C@@H](CCC(=O)Nc3ncc(C)s3)C12. The molecule has 0 aliphatic heterocycles. The van der Waals surface area contributed by atoms with E-state index in [9.17, 15) is 14.4 Å². The number of esters is 1. The van der Waals surface area contributed by atoms with Gasteiger partial charge in [-0.15, -0.1) is 11.3 Å². The van der Waals surface area contributed by atoms with Crippen LogP contribution >= 0.6 is 11.3 Å². The van der Waals surface area contributed by atoms with Gasteiger partial charge in [0.15, 0.2) is 5.13 Å². The minimum absolute atomic E-state index is 0.0187. The number of anilines is 1. The van der Waals surface area contributed by atoms with Crippen LogP contribution in [0.25, 0.3) is 0 Å². The Hall–Kier alpha value is -2.54. The predicted molar refractivity (Wildman–Crippen MR) is 131 cm³/mol. The summed E-state index contributed by atoms with van der Waals surface area (Å²) in [6.45, 7) is 5.57. The maximum Gasteiger partial charge on any atom is 0.308 e. The molecule has 0 radical (unpaired) electrons. The van der Waals surface area contributed by atoms with Gasteiger partial charge >= 0.3 is 5.97 Å². The van der Waals surface area contributed by atoms with Gasteiger partial charge in [-0.1, -0.05) is 13.0 Å². The molecule has 0 bridgehead atoms. The van der Waals surface area contributed by atoms with E-state index < -0.39 is 0 Å². The number of ketones is 1. The minimum atomic E-state index is -0.302. The van der Waals surface area contributed by atoms with E-state index in [1.807, 2.05) is 19.1 Å². The summed E-state index contributed by atoms with van der Waals surface area (Å²) in [6.07, 6.45) is 7.40. The largest absolute Gasteiger partial charge is 0.427 e. The number of amides is 1. The van der Waals surface area contributed by atoms with E-state index in [4.69, 9.17) is 4.74 Å². The van der Waals surface area contributed by atoms with Crippen LogP contribution < -0.4 is 10.1 Å². The van der Waals surface area contributed by atoms with Gasteiger partial charge in [0, 0.05) is 36.3 Å². The first kappa shape index (κ1) is 23.2. The summed E-state index contributed by atoms with van der Waals surface area (Å²) in [5, 5.41) is 3.56. The number of carbonyl (C=O) groups is 3. The Morgan fingerprint density at radius 2 is 2.12 bits per heavy atom. The third kappa shape index (κ3) is 4.19. The van der Waals surface area contributed by atoms with Gasteiger partial charge in [-0.2, -0.15) is 0 Å². The first-order valence-electron chi connectivity index (χ1n) is 12.3. The van der Waals surface area contributed by atoms with Crippen molar-refractivity contribution in [3.63, 3.8) is 0 Å². The number of hydrogen-bond acceptors (Lipinski definition) is 6. The Balaban J connectivity index is 1.32. The molecule has 3 unspecified atom stereocenters. The number of hydrogen-bond donors (Lipinski definition) is 1. The molecule has 0 saturated heterocycles. The maximum atomic E-state index is 13.2. The molecule has 34 heavy (non-hydrogen) atoms. The molecule has 2 saturated carbocycles. The van der Waals surface area contributed by atoms with E-state index in [2.05, 4.69) is 23.3 Å². The summed E-state index contributed by atoms with van der Waals surface area (Å²) in [6, 6.07) is 6.05. The zero-order valence-corrected chi connectivity index (χ0v) is 20.9. The highest BCUT2D eigenvalue weighted by Crippen LogP contribution is 2.62. The lowest BCUT2D eigenvalue weighted by molar-refractivity contribution is -0.132. The molecule has 3 aliphatic rings. The van der Waals surface area contributed by atoms with Gasteiger partial charge in [0.25, 0.3) is 0 Å². The first-order chi connectivity index (χ1) is 16.2. The zero-order valence-electron chi connectivity index (χ0n) is 20.1. The second-order valence-corrected chi connectivity index (χ2v) is 11.7. The standard InChI is InChI=1S/C27H32N2O4S/c1-15-14-28-26(34-15)29-24(32)9-5-18-13-23(31)27(3)11-10-21-20-8-6-19(33-16(2)30)12-17(20)4-7-22(21)25(18)27/h6,8,12,14,18,21-22,25H,4-5,7,9-11,13H2,1-3H3,(H,28,29,32)/t18-,21?,22?,25?,27-/m1/s1. The van der Waals surface area contributed by atoms with Crippen LogP contribution in [0.3, 0.4) is 0 Å². The molecule has 5 atom stereocenters. The summed E-state index contributed by atoms with van der Waals surface area (Å²) < 4.78 is 5.31. The van der Waals surface area contributed by atoms with Crippen LogP contribution in [0.1, 0.15) is 74.3 Å². The predicted octanol–water partition coefficient (Wildman–Crippen LogP) is 5.45. The molecule has 3 aliphatic carbocycles. The second kappa shape index (κ2) is 8.91. The quantitative estimate of drug-likeness (QED) is 0.454. The Bertz CT molecular complexity index is 1140. The highest BCUT2D eigenvalue weighted by Gasteiger charge is 2.58. The minimum Gasteiger partial charge on any atom is -0.427 e. The first-order valence-corrected chi connectivity index (χ1v) is 13.1. The third-order valence-corrected chi connectivity index (χ3v) is 9.24. The molecule has 1 amide bonds. The molecule has 2 aromatic rings. The Morgan fingerprint density at radius 3 is 2.85 bits per heavy atom. The average Bonchev–Trinajstić information content (AvgIpc) is 3.31. The van der Waals surface area contributed by atoms with Crippen molar-refractivity contribution in [2.24, 2.45) is 23.2 Å². The molecule has 5 rings (SSSR count). The van der Waals surface area contributed by atoms with Gasteiger partial charge in [0.05, 0.1) is 0 Å². The molecular weight excluding hydrogens is 448 g/mol. The normalized spacial score (nSPS) is 29.7. The van der Waals surface area contributed by atoms with Crippen molar-refractivity contribution in [3.05, 3.63) is 40.4 Å². The number of benzene rings is 1. The lowest BCUT2D eigenvalue weighted by atomic mass is 9.54. The number of fused-ring (bicyclic) bond motifs is 5. The molecular formula is C27H32N2O4S. The third-order valence-electron chi connectivity index (χ3n) is 8.41. The molecule has 1 N–H and O–H groups in total. The van der Waals surface area contributed by atoms with Crippen LogP contribution in [0, 0.1) is 30.1 Å². The van der Waals surface area contributed by atoms with Crippen LogP contribution in [0.4, 0.5) is 5.13 Å². The number of thiazole rings is 1. The number of Topliss-reactive ketones (excluding diaryl/α,β-unsaturated/α-hetero) is 1. The van der Waals surface area contributed by atoms with Crippen molar-refractivity contribution >= 4 is 34.1 Å². The number of aromatic nitrogens is 1. The summed E-state index contributed by atoms with van der Waals surface area (Å²) in [5.41, 5.74) is 2.34. The summed E-state index contributed by atoms with van der Waals surface area (Å²) in [5.74, 6) is 2.11. The average molecular weight is 481 g/mol. The monoisotopic (exact) mass is 480 g/mol. The number of nitrogens with zero attached hydrogens (tertiary/aromatic N) is 1. The summed E-state index contributed by atoms with van der Waals surface area (Å²) in [7, 11) is 0. The fraction of sp³-hybridized carbons (Fsp3) is 0.556. The van der Waals surface area contributed by atoms with E-state index in [0.717, 1.165) is 37.0 Å². The topological polar surface area (TPSA) is 85.4 Å². The van der Waals surface area contributed by atoms with E-state index >= 15 is 0 Å². The van der Waals surface area contributed by atoms with E-state index in [-0.39, 0.29) is 23.2 Å². The van der Waals surface area contributed by atoms with Crippen LogP contribution in [0.2, 0.25) is 0 Å². The number of nitrogens with one attached hydrogen (secondary N) is 1. The van der Waals surface area contributed by atoms with Gasteiger partial charge < -0.3 is 10.1 Å². The van der Waals surface area contributed by atoms with Gasteiger partial charge in [-0.05, 0) is 86.0 Å². The molecule has 2 fully saturated rings. The van der Waals surface area contributed by atoms with Crippen LogP contribution in [0.15, 0.2) is 24.4 Å². The summed E-state index contributed by atoms with van der Waals surface area (Å²) in [4.78, 5) is 42.4. The fourth-order valence-corrected chi connectivity index (χ4v) is 7.70. The van der Waals surface area contributed by atoms with Crippen molar-refractivity contribution in [2.45, 2.75) is 71.6 Å². The molecule has 7 heteroatoms. The van der Waals surface area contributed by atoms with Crippen LogP contribution in [-0.4, -0.2) is 22.6 Å². The van der Waals surface area contributed by atoms with Crippen LogP contribution in [0.5, 0.6) is 5.75 Å². The Morgan fingerprint density at radius 1 is 1.29 bits per heavy atom. The van der Waals surface area contributed by atoms with Gasteiger partial charge in [-0.25, -0.2) is 4.98 Å².